The number of methoxy groups -OCH3 is 1. The Morgan fingerprint density at radius 3 is 2.34 bits per heavy atom. The van der Waals surface area contributed by atoms with Crippen LogP contribution in [0.1, 0.15) is 17.1 Å². The smallest absolute Gasteiger partial charge is 0.494 e. The Kier molecular flexibility index (Phi) is 4.99. The molecule has 3 aromatic heterocycles. The third-order valence-electron chi connectivity index (χ3n) is 4.90. The molecular formula is C20H17F3N4O4S. The predicted molar refractivity (Wildman–Crippen MR) is 110 cm³/mol. The van der Waals surface area contributed by atoms with Gasteiger partial charge < -0.3 is 8.92 Å². The van der Waals surface area contributed by atoms with Crippen LogP contribution in [-0.2, 0) is 10.1 Å². The molecule has 0 atom stereocenters. The lowest BCUT2D eigenvalue weighted by atomic mass is 10.2. The summed E-state index contributed by atoms with van der Waals surface area (Å²) in [5, 5.41) is 0. The van der Waals surface area contributed by atoms with Crippen LogP contribution in [0.15, 0.2) is 30.5 Å². The molecule has 0 fully saturated rings. The number of aromatic nitrogens is 4. The molecule has 168 valence electrons. The Morgan fingerprint density at radius 2 is 1.72 bits per heavy atom. The van der Waals surface area contributed by atoms with E-state index in [1.54, 1.807) is 37.4 Å². The molecular weight excluding hydrogens is 449 g/mol. The van der Waals surface area contributed by atoms with Gasteiger partial charge in [0.1, 0.15) is 22.8 Å². The molecule has 0 saturated heterocycles. The molecule has 4 aromatic rings. The van der Waals surface area contributed by atoms with Crippen LogP contribution in [-0.4, -0.2) is 40.4 Å². The van der Waals surface area contributed by atoms with Gasteiger partial charge in [-0.25, -0.2) is 9.97 Å². The van der Waals surface area contributed by atoms with Crippen molar-refractivity contribution in [3.05, 3.63) is 47.5 Å². The second-order valence-electron chi connectivity index (χ2n) is 7.01. The number of aryl methyl sites for hydroxylation is 3. The van der Waals surface area contributed by atoms with Crippen molar-refractivity contribution in [1.29, 1.82) is 0 Å². The maximum absolute atomic E-state index is 12.9. The van der Waals surface area contributed by atoms with Crippen LogP contribution in [0.2, 0.25) is 0 Å². The van der Waals surface area contributed by atoms with Gasteiger partial charge in [-0.15, -0.1) is 0 Å². The quantitative estimate of drug-likeness (QED) is 0.330. The predicted octanol–water partition coefficient (Wildman–Crippen LogP) is 4.11. The van der Waals surface area contributed by atoms with Crippen LogP contribution in [0.4, 0.5) is 13.2 Å². The van der Waals surface area contributed by atoms with Gasteiger partial charge in [0.05, 0.1) is 29.5 Å². The van der Waals surface area contributed by atoms with Crippen molar-refractivity contribution in [3.63, 3.8) is 0 Å². The van der Waals surface area contributed by atoms with Crippen LogP contribution in [0, 0.1) is 20.8 Å². The third kappa shape index (κ3) is 3.40. The first-order valence-corrected chi connectivity index (χ1v) is 10.7. The van der Waals surface area contributed by atoms with Crippen LogP contribution < -0.4 is 8.92 Å². The number of fused-ring (bicyclic) bond motifs is 3. The van der Waals surface area contributed by atoms with Crippen molar-refractivity contribution in [2.45, 2.75) is 26.3 Å². The zero-order valence-corrected chi connectivity index (χ0v) is 18.2. The summed E-state index contributed by atoms with van der Waals surface area (Å²) >= 11 is 0. The number of hydrogen-bond acceptors (Lipinski definition) is 7. The molecule has 0 aliphatic rings. The fourth-order valence-electron chi connectivity index (χ4n) is 3.54. The number of nitrogens with zero attached hydrogens (tertiary/aromatic N) is 4. The van der Waals surface area contributed by atoms with Gasteiger partial charge in [-0.05, 0) is 32.9 Å². The second kappa shape index (κ2) is 7.33. The molecule has 4 rings (SSSR count). The van der Waals surface area contributed by atoms with Crippen molar-refractivity contribution in [1.82, 2.24) is 19.4 Å². The molecule has 0 amide bonds. The highest BCUT2D eigenvalue weighted by Crippen LogP contribution is 2.37. The summed E-state index contributed by atoms with van der Waals surface area (Å²) < 4.78 is 73.1. The van der Waals surface area contributed by atoms with Gasteiger partial charge in [0, 0.05) is 29.6 Å². The van der Waals surface area contributed by atoms with Crippen LogP contribution in [0.3, 0.4) is 0 Å². The maximum atomic E-state index is 12.9. The molecule has 0 spiro atoms. The standard InChI is InChI=1S/C20H17F3N4O4S/c1-10-14(6-5-7-24-10)19-26-12(3)18-11(2)25-17-15(27(18)19)8-13(9-16(17)30-4)31-32(28,29)20(21,22)23/h5-9H,1-4H3. The van der Waals surface area contributed by atoms with E-state index < -0.39 is 21.4 Å². The highest BCUT2D eigenvalue weighted by Gasteiger charge is 2.48. The summed E-state index contributed by atoms with van der Waals surface area (Å²) in [6, 6.07) is 5.75. The van der Waals surface area contributed by atoms with Gasteiger partial charge in [-0.2, -0.15) is 21.6 Å². The van der Waals surface area contributed by atoms with Crippen molar-refractivity contribution in [2.24, 2.45) is 0 Å². The molecule has 8 nitrogen and oxygen atoms in total. The Hall–Kier alpha value is -3.41. The molecule has 0 aliphatic carbocycles. The van der Waals surface area contributed by atoms with Crippen molar-refractivity contribution < 1.29 is 30.5 Å². The van der Waals surface area contributed by atoms with Crippen molar-refractivity contribution >= 4 is 26.7 Å². The first kappa shape index (κ1) is 21.8. The third-order valence-corrected chi connectivity index (χ3v) is 5.88. The zero-order valence-electron chi connectivity index (χ0n) is 17.4. The molecule has 32 heavy (non-hydrogen) atoms. The molecule has 0 N–H and O–H groups in total. The number of pyridine rings is 1. The summed E-state index contributed by atoms with van der Waals surface area (Å²) in [5.41, 5.74) is -1.80. The minimum Gasteiger partial charge on any atom is -0.494 e. The fraction of sp³-hybridized carbons (Fsp3) is 0.250. The molecule has 3 heterocycles. The lowest BCUT2D eigenvalue weighted by molar-refractivity contribution is -0.0500. The second-order valence-corrected chi connectivity index (χ2v) is 8.55. The van der Waals surface area contributed by atoms with E-state index in [4.69, 9.17) is 4.74 Å². The van der Waals surface area contributed by atoms with E-state index in [-0.39, 0.29) is 11.3 Å². The SMILES string of the molecule is COc1cc(OS(=O)(=O)C(F)(F)F)cc2c1nc(C)c1c(C)nc(-c3cccnc3C)n12. The number of ether oxygens (including phenoxy) is 1. The molecule has 1 aromatic carbocycles. The minimum atomic E-state index is -5.88. The Morgan fingerprint density at radius 1 is 1.03 bits per heavy atom. The monoisotopic (exact) mass is 466 g/mol. The van der Waals surface area contributed by atoms with E-state index in [0.29, 0.717) is 39.5 Å². The van der Waals surface area contributed by atoms with E-state index in [2.05, 4.69) is 19.1 Å². The largest absolute Gasteiger partial charge is 0.534 e. The lowest BCUT2D eigenvalue weighted by Gasteiger charge is -2.14. The number of halogens is 3. The summed E-state index contributed by atoms with van der Waals surface area (Å²) in [5.74, 6) is -0.0598. The normalized spacial score (nSPS) is 12.5. The molecule has 0 bridgehead atoms. The first-order chi connectivity index (χ1) is 14.9. The van der Waals surface area contributed by atoms with Crippen LogP contribution >= 0.6 is 0 Å². The van der Waals surface area contributed by atoms with Crippen molar-refractivity contribution in [2.75, 3.05) is 7.11 Å². The van der Waals surface area contributed by atoms with Crippen molar-refractivity contribution in [3.8, 4) is 22.9 Å². The number of benzene rings is 1. The fourth-order valence-corrected chi connectivity index (χ4v) is 3.98. The summed E-state index contributed by atoms with van der Waals surface area (Å²) in [4.78, 5) is 13.4. The molecule has 0 unspecified atom stereocenters. The number of rotatable bonds is 4. The Labute approximate surface area is 180 Å². The average molecular weight is 466 g/mol. The summed E-state index contributed by atoms with van der Waals surface area (Å²) in [6.45, 7) is 5.34. The molecule has 0 saturated carbocycles. The van der Waals surface area contributed by atoms with Gasteiger partial charge in [-0.1, -0.05) is 0 Å². The molecule has 0 aliphatic heterocycles. The average Bonchev–Trinajstić information content (AvgIpc) is 3.05. The van der Waals surface area contributed by atoms with Gasteiger partial charge in [0.15, 0.2) is 0 Å². The van der Waals surface area contributed by atoms with E-state index in [1.807, 2.05) is 6.07 Å². The van der Waals surface area contributed by atoms with Gasteiger partial charge in [0.2, 0.25) is 0 Å². The van der Waals surface area contributed by atoms with Gasteiger partial charge in [-0.3, -0.25) is 9.38 Å². The summed E-state index contributed by atoms with van der Waals surface area (Å²) in [7, 11) is -4.59. The van der Waals surface area contributed by atoms with E-state index in [0.717, 1.165) is 12.1 Å². The molecule has 12 heteroatoms. The van der Waals surface area contributed by atoms with Crippen LogP contribution in [0.25, 0.3) is 27.9 Å². The van der Waals surface area contributed by atoms with E-state index in [9.17, 15) is 21.6 Å². The number of hydrogen-bond donors (Lipinski definition) is 0. The van der Waals surface area contributed by atoms with E-state index >= 15 is 0 Å². The topological polar surface area (TPSA) is 95.7 Å². The zero-order chi connectivity index (χ0) is 23.4. The van der Waals surface area contributed by atoms with Gasteiger partial charge in [0.25, 0.3) is 0 Å². The minimum absolute atomic E-state index is 0.0417. The van der Waals surface area contributed by atoms with Crippen LogP contribution in [0.5, 0.6) is 11.5 Å². The Balaban J connectivity index is 2.11. The first-order valence-electron chi connectivity index (χ1n) is 9.24. The van der Waals surface area contributed by atoms with E-state index in [1.165, 1.54) is 7.11 Å². The Bertz CT molecular complexity index is 1480. The van der Waals surface area contributed by atoms with Gasteiger partial charge >= 0.3 is 15.6 Å². The summed E-state index contributed by atoms with van der Waals surface area (Å²) in [6.07, 6.45) is 1.63. The highest BCUT2D eigenvalue weighted by molar-refractivity contribution is 7.88. The number of alkyl halides is 3. The lowest BCUT2D eigenvalue weighted by Crippen LogP contribution is -2.28. The molecule has 0 radical (unpaired) electrons. The highest BCUT2D eigenvalue weighted by atomic mass is 32.2. The number of imidazole rings is 1. The maximum Gasteiger partial charge on any atom is 0.534 e.